The fraction of sp³-hybridized carbons (Fsp3) is 0.417. The van der Waals surface area contributed by atoms with E-state index >= 15 is 0 Å². The third kappa shape index (κ3) is 4.04. The molecule has 1 aromatic rings. The topological polar surface area (TPSA) is 100 Å². The van der Waals surface area contributed by atoms with Crippen molar-refractivity contribution < 1.29 is 32.0 Å². The maximum atomic E-state index is 12.6. The van der Waals surface area contributed by atoms with Gasteiger partial charge in [-0.2, -0.15) is 0 Å². The Morgan fingerprint density at radius 1 is 0.909 bits per heavy atom. The van der Waals surface area contributed by atoms with Crippen LogP contribution in [0.15, 0.2) is 30.3 Å². The first-order valence-electron chi connectivity index (χ1n) is 6.15. The lowest BCUT2D eigenvalue weighted by atomic mass is 10.3. The van der Waals surface area contributed by atoms with E-state index in [1.807, 2.05) is 0 Å². The number of benzene rings is 1. The summed E-state index contributed by atoms with van der Waals surface area (Å²) in [7, 11) is -3.78. The van der Waals surface area contributed by atoms with Crippen molar-refractivity contribution in [2.45, 2.75) is 5.40 Å². The van der Waals surface area contributed by atoms with Crippen LogP contribution in [0, 0.1) is 0 Å². The number of carbonyl (C=O) groups is 1. The quantitative estimate of drug-likeness (QED) is 0.719. The summed E-state index contributed by atoms with van der Waals surface area (Å²) in [6.45, 7) is 0. The summed E-state index contributed by atoms with van der Waals surface area (Å²) in [5.41, 5.74) is 0.426. The molecule has 0 aromatic heterocycles. The lowest BCUT2D eigenvalue weighted by Gasteiger charge is -2.27. The lowest BCUT2D eigenvalue weighted by molar-refractivity contribution is -0.115. The second-order valence-corrected chi connectivity index (χ2v) is 9.10. The molecule has 124 valence electrons. The lowest BCUT2D eigenvalue weighted by Crippen LogP contribution is -2.30. The fourth-order valence-corrected chi connectivity index (χ4v) is 6.05. The molecule has 1 amide bonds. The molecule has 0 unspecified atom stereocenters. The summed E-state index contributed by atoms with van der Waals surface area (Å²) in [6, 6.07) is 8.39. The molecule has 8 nitrogen and oxygen atoms in total. The molecule has 1 aromatic carbocycles. The third-order valence-corrected chi connectivity index (χ3v) is 8.29. The Morgan fingerprint density at radius 2 is 1.32 bits per heavy atom. The summed E-state index contributed by atoms with van der Waals surface area (Å²) in [5, 5.41) is 0.728. The molecule has 0 heterocycles. The number of para-hydroxylation sites is 1. The smallest absolute Gasteiger partial charge is 0.325 e. The molecule has 0 saturated carbocycles. The molecule has 0 atom stereocenters. The van der Waals surface area contributed by atoms with Gasteiger partial charge in [0.25, 0.3) is 5.91 Å². The normalized spacial score (nSPS) is 12.4. The number of anilines is 1. The third-order valence-electron chi connectivity index (χ3n) is 2.89. The van der Waals surface area contributed by atoms with Crippen molar-refractivity contribution in [2.24, 2.45) is 0 Å². The average Bonchev–Trinajstić information content (AvgIpc) is 2.55. The highest BCUT2D eigenvalue weighted by Gasteiger charge is 2.54. The van der Waals surface area contributed by atoms with E-state index in [2.05, 4.69) is 5.32 Å². The van der Waals surface area contributed by atoms with Crippen LogP contribution < -0.4 is 5.32 Å². The van der Waals surface area contributed by atoms with Gasteiger partial charge in [-0.05, 0) is 12.1 Å². The van der Waals surface area contributed by atoms with E-state index in [0.717, 1.165) is 28.4 Å². The SMILES string of the molecule is COP(=O)(OC)C(C(=O)Nc1ccccc1)P(=O)(OC)OC. The molecule has 0 spiro atoms. The molecule has 0 saturated heterocycles. The molecule has 0 radical (unpaired) electrons. The van der Waals surface area contributed by atoms with Gasteiger partial charge in [-0.25, -0.2) is 0 Å². The first-order chi connectivity index (χ1) is 10.4. The van der Waals surface area contributed by atoms with Crippen LogP contribution in [0.1, 0.15) is 0 Å². The number of carbonyl (C=O) groups excluding carboxylic acids is 1. The van der Waals surface area contributed by atoms with Crippen molar-refractivity contribution in [1.82, 2.24) is 0 Å². The van der Waals surface area contributed by atoms with Gasteiger partial charge < -0.3 is 23.4 Å². The van der Waals surface area contributed by atoms with Gasteiger partial charge >= 0.3 is 15.2 Å². The largest absolute Gasteiger partial charge is 0.354 e. The number of nitrogens with one attached hydrogen (secondary N) is 1. The van der Waals surface area contributed by atoms with Crippen LogP contribution in [0.4, 0.5) is 5.69 Å². The van der Waals surface area contributed by atoms with E-state index in [-0.39, 0.29) is 0 Å². The van der Waals surface area contributed by atoms with Crippen LogP contribution in [0.25, 0.3) is 0 Å². The predicted molar refractivity (Wildman–Crippen MR) is 82.1 cm³/mol. The Hall–Kier alpha value is -1.01. The van der Waals surface area contributed by atoms with Crippen LogP contribution in [0.3, 0.4) is 0 Å². The van der Waals surface area contributed by atoms with E-state index < -0.39 is 26.5 Å². The molecule has 1 rings (SSSR count). The molecule has 0 aliphatic heterocycles. The van der Waals surface area contributed by atoms with Crippen molar-refractivity contribution in [1.29, 1.82) is 0 Å². The number of hydrogen-bond donors (Lipinski definition) is 1. The van der Waals surface area contributed by atoms with Gasteiger partial charge in [-0.1, -0.05) is 18.2 Å². The molecule has 0 aliphatic rings. The Kier molecular flexibility index (Phi) is 6.94. The monoisotopic (exact) mass is 351 g/mol. The fourth-order valence-electron chi connectivity index (χ4n) is 1.74. The zero-order chi connectivity index (χ0) is 16.8. The van der Waals surface area contributed by atoms with E-state index in [1.165, 1.54) is 0 Å². The number of amides is 1. The second-order valence-electron chi connectivity index (χ2n) is 4.04. The molecule has 0 bridgehead atoms. The predicted octanol–water partition coefficient (Wildman–Crippen LogP) is 2.92. The van der Waals surface area contributed by atoms with Gasteiger partial charge in [0.2, 0.25) is 5.40 Å². The van der Waals surface area contributed by atoms with Crippen LogP contribution >= 0.6 is 15.2 Å². The zero-order valence-electron chi connectivity index (χ0n) is 12.7. The van der Waals surface area contributed by atoms with Gasteiger partial charge in [0.15, 0.2) is 0 Å². The standard InChI is InChI=1S/C12H19NO7P2/c1-17-21(15,18-2)12(22(16,19-3)20-4)11(14)13-10-8-6-5-7-9-10/h5-9,12H,1-4H3,(H,13,14). The van der Waals surface area contributed by atoms with Crippen molar-refractivity contribution >= 4 is 26.8 Å². The van der Waals surface area contributed by atoms with Gasteiger partial charge in [-0.3, -0.25) is 13.9 Å². The Balaban J connectivity index is 3.23. The van der Waals surface area contributed by atoms with Gasteiger partial charge in [0.05, 0.1) is 0 Å². The van der Waals surface area contributed by atoms with E-state index in [4.69, 9.17) is 18.1 Å². The van der Waals surface area contributed by atoms with E-state index in [1.54, 1.807) is 30.3 Å². The summed E-state index contributed by atoms with van der Waals surface area (Å²) in [5.74, 6) is -0.856. The van der Waals surface area contributed by atoms with E-state index in [9.17, 15) is 13.9 Å². The Labute approximate surface area is 129 Å². The van der Waals surface area contributed by atoms with Gasteiger partial charge in [-0.15, -0.1) is 0 Å². The van der Waals surface area contributed by atoms with Crippen molar-refractivity contribution in [3.05, 3.63) is 30.3 Å². The molecule has 1 N–H and O–H groups in total. The highest BCUT2D eigenvalue weighted by molar-refractivity contribution is 7.74. The van der Waals surface area contributed by atoms with Crippen LogP contribution in [0.5, 0.6) is 0 Å². The number of rotatable bonds is 8. The Bertz CT molecular complexity index is 550. The van der Waals surface area contributed by atoms with Gasteiger partial charge in [0, 0.05) is 34.1 Å². The molecule has 22 heavy (non-hydrogen) atoms. The zero-order valence-corrected chi connectivity index (χ0v) is 14.5. The minimum Gasteiger partial charge on any atom is -0.325 e. The van der Waals surface area contributed by atoms with Crippen LogP contribution in [0.2, 0.25) is 0 Å². The van der Waals surface area contributed by atoms with Crippen LogP contribution in [-0.2, 0) is 32.0 Å². The van der Waals surface area contributed by atoms with Crippen molar-refractivity contribution in [2.75, 3.05) is 33.8 Å². The maximum Gasteiger partial charge on any atom is 0.354 e. The Morgan fingerprint density at radius 3 is 1.68 bits per heavy atom. The molecule has 0 fully saturated rings. The molecule has 10 heteroatoms. The summed E-state index contributed by atoms with van der Waals surface area (Å²) in [4.78, 5) is 12.5. The first-order valence-corrected chi connectivity index (χ1v) is 9.37. The van der Waals surface area contributed by atoms with Gasteiger partial charge in [0.1, 0.15) is 0 Å². The maximum absolute atomic E-state index is 12.6. The molecular weight excluding hydrogens is 332 g/mol. The second kappa shape index (κ2) is 8.02. The van der Waals surface area contributed by atoms with Crippen molar-refractivity contribution in [3.8, 4) is 0 Å². The molecular formula is C12H19NO7P2. The number of hydrogen-bond acceptors (Lipinski definition) is 7. The average molecular weight is 351 g/mol. The minimum absolute atomic E-state index is 0.426. The minimum atomic E-state index is -4.06. The van der Waals surface area contributed by atoms with Crippen molar-refractivity contribution in [3.63, 3.8) is 0 Å². The highest BCUT2D eigenvalue weighted by Crippen LogP contribution is 2.69. The highest BCUT2D eigenvalue weighted by atomic mass is 31.2. The molecule has 0 aliphatic carbocycles. The van der Waals surface area contributed by atoms with Crippen LogP contribution in [-0.4, -0.2) is 39.7 Å². The first kappa shape index (κ1) is 19.0. The summed E-state index contributed by atoms with van der Waals surface area (Å²) < 4.78 is 44.4. The summed E-state index contributed by atoms with van der Waals surface area (Å²) >= 11 is 0. The van der Waals surface area contributed by atoms with E-state index in [0.29, 0.717) is 5.69 Å². The summed E-state index contributed by atoms with van der Waals surface area (Å²) in [6.07, 6.45) is 0.